The summed E-state index contributed by atoms with van der Waals surface area (Å²) in [4.78, 5) is 51.3. The van der Waals surface area contributed by atoms with Gasteiger partial charge in [-0.15, -0.1) is 0 Å². The number of methoxy groups -OCH3 is 1. The zero-order valence-corrected chi connectivity index (χ0v) is 22.4. The van der Waals surface area contributed by atoms with Gasteiger partial charge in [0.15, 0.2) is 5.41 Å². The molecule has 38 heavy (non-hydrogen) atoms. The lowest BCUT2D eigenvalue weighted by molar-refractivity contribution is -0.178. The smallest absolute Gasteiger partial charge is 0.323 e. The maximum Gasteiger partial charge on any atom is 0.323 e. The van der Waals surface area contributed by atoms with Crippen molar-refractivity contribution in [3.8, 4) is 0 Å². The minimum Gasteiger partial charge on any atom is -0.469 e. The number of carbonyl (C=O) groups is 4. The van der Waals surface area contributed by atoms with E-state index in [1.54, 1.807) is 6.92 Å². The van der Waals surface area contributed by atoms with Crippen LogP contribution in [0, 0.1) is 17.3 Å². The molecule has 0 amide bonds. The molecular formula is C31H38O7. The van der Waals surface area contributed by atoms with Gasteiger partial charge in [-0.2, -0.15) is 0 Å². The van der Waals surface area contributed by atoms with E-state index in [-0.39, 0.29) is 25.0 Å². The Labute approximate surface area is 224 Å². The number of rotatable bonds is 14. The van der Waals surface area contributed by atoms with Gasteiger partial charge in [0.25, 0.3) is 0 Å². The van der Waals surface area contributed by atoms with Gasteiger partial charge in [-0.25, -0.2) is 0 Å². The summed E-state index contributed by atoms with van der Waals surface area (Å²) in [6, 6.07) is 18.6. The van der Waals surface area contributed by atoms with Crippen LogP contribution in [0.5, 0.6) is 0 Å². The average molecular weight is 523 g/mol. The minimum atomic E-state index is -1.61. The maximum absolute atomic E-state index is 13.6. The van der Waals surface area contributed by atoms with Crippen LogP contribution in [0.2, 0.25) is 0 Å². The molecule has 0 unspecified atom stereocenters. The fourth-order valence-corrected chi connectivity index (χ4v) is 5.18. The summed E-state index contributed by atoms with van der Waals surface area (Å²) in [5.41, 5.74) is 0.0179. The number of esters is 3. The van der Waals surface area contributed by atoms with E-state index < -0.39 is 29.2 Å². The Kier molecular flexibility index (Phi) is 11.1. The molecule has 7 nitrogen and oxygen atoms in total. The van der Waals surface area contributed by atoms with Gasteiger partial charge in [0.05, 0.1) is 7.11 Å². The Morgan fingerprint density at radius 2 is 1.34 bits per heavy atom. The maximum atomic E-state index is 13.6. The van der Waals surface area contributed by atoms with Crippen molar-refractivity contribution in [3.05, 3.63) is 71.8 Å². The van der Waals surface area contributed by atoms with E-state index in [1.165, 1.54) is 7.11 Å². The summed E-state index contributed by atoms with van der Waals surface area (Å²) < 4.78 is 16.0. The van der Waals surface area contributed by atoms with Crippen LogP contribution in [-0.4, -0.2) is 30.8 Å². The second-order valence-corrected chi connectivity index (χ2v) is 10.1. The van der Waals surface area contributed by atoms with Crippen molar-refractivity contribution in [2.45, 2.75) is 71.5 Å². The lowest BCUT2D eigenvalue weighted by Crippen LogP contribution is -2.47. The Balaban J connectivity index is 1.71. The zero-order chi connectivity index (χ0) is 27.4. The summed E-state index contributed by atoms with van der Waals surface area (Å²) in [5.74, 6) is -2.41. The molecular weight excluding hydrogens is 484 g/mol. The van der Waals surface area contributed by atoms with E-state index in [2.05, 4.69) is 4.74 Å². The normalized spacial score (nSPS) is 17.2. The van der Waals surface area contributed by atoms with Gasteiger partial charge >= 0.3 is 17.9 Å². The Morgan fingerprint density at radius 1 is 0.816 bits per heavy atom. The molecule has 2 aromatic carbocycles. The first-order valence-corrected chi connectivity index (χ1v) is 13.4. The summed E-state index contributed by atoms with van der Waals surface area (Å²) in [5, 5.41) is 0. The van der Waals surface area contributed by atoms with Crippen LogP contribution in [0.1, 0.15) is 69.4 Å². The molecule has 1 aliphatic rings. The third-order valence-electron chi connectivity index (χ3n) is 7.49. The first-order valence-electron chi connectivity index (χ1n) is 13.4. The molecule has 7 heteroatoms. The topological polar surface area (TPSA) is 96.0 Å². The van der Waals surface area contributed by atoms with Crippen LogP contribution < -0.4 is 0 Å². The molecule has 1 saturated carbocycles. The Bertz CT molecular complexity index is 1010. The Hall–Kier alpha value is -3.48. The number of carbonyl (C=O) groups excluding carboxylic acids is 4. The highest BCUT2D eigenvalue weighted by atomic mass is 16.6. The lowest BCUT2D eigenvalue weighted by Gasteiger charge is -2.34. The molecule has 0 saturated heterocycles. The number of unbranched alkanes of at least 4 members (excludes halogenated alkanes) is 3. The minimum absolute atomic E-state index is 0.0345. The van der Waals surface area contributed by atoms with Crippen molar-refractivity contribution < 1.29 is 33.4 Å². The fraction of sp³-hybridized carbons (Fsp3) is 0.484. The van der Waals surface area contributed by atoms with Gasteiger partial charge in [-0.1, -0.05) is 79.9 Å². The summed E-state index contributed by atoms with van der Waals surface area (Å²) in [6.45, 7) is 1.64. The molecule has 0 N–H and O–H groups in total. The third-order valence-corrected chi connectivity index (χ3v) is 7.49. The van der Waals surface area contributed by atoms with Gasteiger partial charge in [-0.3, -0.25) is 19.2 Å². The van der Waals surface area contributed by atoms with Crippen molar-refractivity contribution in [1.82, 2.24) is 0 Å². The van der Waals surface area contributed by atoms with Gasteiger partial charge in [0, 0.05) is 18.8 Å². The lowest BCUT2D eigenvalue weighted by atomic mass is 9.70. The van der Waals surface area contributed by atoms with E-state index in [4.69, 9.17) is 9.47 Å². The molecule has 0 bridgehead atoms. The van der Waals surface area contributed by atoms with Crippen molar-refractivity contribution in [1.29, 1.82) is 0 Å². The molecule has 0 spiro atoms. The standard InChI is InChI=1S/C31H38O7/c1-31(29(34)37-21-23-13-7-5-8-14-23,30(35)38-22-24-15-9-6-10-16-24)26-19-20-27(32)25(26)17-11-3-4-12-18-28(33)36-2/h5-10,13-16,25-26H,3-4,11-12,17-22H2,1-2H3/t25-,26+/m1/s1. The van der Waals surface area contributed by atoms with Gasteiger partial charge in [0.2, 0.25) is 0 Å². The molecule has 3 rings (SSSR count). The van der Waals surface area contributed by atoms with Crippen LogP contribution in [-0.2, 0) is 46.6 Å². The highest BCUT2D eigenvalue weighted by Crippen LogP contribution is 2.46. The molecule has 0 heterocycles. The van der Waals surface area contributed by atoms with Crippen LogP contribution >= 0.6 is 0 Å². The van der Waals surface area contributed by atoms with Gasteiger partial charge in [0.1, 0.15) is 19.0 Å². The molecule has 2 aromatic rings. The van der Waals surface area contributed by atoms with Crippen molar-refractivity contribution in [2.75, 3.05) is 7.11 Å². The number of benzene rings is 2. The molecule has 1 fully saturated rings. The van der Waals surface area contributed by atoms with Crippen LogP contribution in [0.4, 0.5) is 0 Å². The summed E-state index contributed by atoms with van der Waals surface area (Å²) in [7, 11) is 1.38. The number of ketones is 1. The molecule has 204 valence electrons. The number of ether oxygens (including phenoxy) is 3. The second kappa shape index (κ2) is 14.5. The zero-order valence-electron chi connectivity index (χ0n) is 22.4. The van der Waals surface area contributed by atoms with Crippen LogP contribution in [0.15, 0.2) is 60.7 Å². The van der Waals surface area contributed by atoms with Crippen molar-refractivity contribution >= 4 is 23.7 Å². The van der Waals surface area contributed by atoms with Crippen molar-refractivity contribution in [3.63, 3.8) is 0 Å². The predicted octanol–water partition coefficient (Wildman–Crippen LogP) is 5.59. The highest BCUT2D eigenvalue weighted by molar-refractivity contribution is 6.01. The van der Waals surface area contributed by atoms with Gasteiger partial charge < -0.3 is 14.2 Å². The monoisotopic (exact) mass is 522 g/mol. The second-order valence-electron chi connectivity index (χ2n) is 10.1. The average Bonchev–Trinajstić information content (AvgIpc) is 3.32. The SMILES string of the molecule is COC(=O)CCCCCC[C@H]1C(=O)CC[C@@H]1C(C)(C(=O)OCc1ccccc1)C(=O)OCc1ccccc1. The molecule has 2 atom stereocenters. The quantitative estimate of drug-likeness (QED) is 0.138. The third kappa shape index (κ3) is 7.76. The number of hydrogen-bond donors (Lipinski definition) is 0. The number of hydrogen-bond acceptors (Lipinski definition) is 7. The van der Waals surface area contributed by atoms with Gasteiger partial charge in [-0.05, 0) is 43.2 Å². The van der Waals surface area contributed by atoms with Crippen molar-refractivity contribution in [2.24, 2.45) is 17.3 Å². The molecule has 0 radical (unpaired) electrons. The molecule has 0 aromatic heterocycles. The van der Waals surface area contributed by atoms with E-state index in [9.17, 15) is 19.2 Å². The Morgan fingerprint density at radius 3 is 1.87 bits per heavy atom. The fourth-order valence-electron chi connectivity index (χ4n) is 5.18. The summed E-state index contributed by atoms with van der Waals surface area (Å²) in [6.07, 6.45) is 4.90. The first kappa shape index (κ1) is 29.1. The van der Waals surface area contributed by atoms with E-state index >= 15 is 0 Å². The number of Topliss-reactive ketones (excluding diaryl/α,β-unsaturated/α-hetero) is 1. The summed E-state index contributed by atoms with van der Waals surface area (Å²) >= 11 is 0. The first-order chi connectivity index (χ1) is 18.4. The largest absolute Gasteiger partial charge is 0.469 e. The predicted molar refractivity (Wildman–Crippen MR) is 142 cm³/mol. The van der Waals surface area contributed by atoms with E-state index in [0.29, 0.717) is 25.7 Å². The van der Waals surface area contributed by atoms with Crippen LogP contribution in [0.25, 0.3) is 0 Å². The molecule has 1 aliphatic carbocycles. The van der Waals surface area contributed by atoms with E-state index in [1.807, 2.05) is 60.7 Å². The molecule has 0 aliphatic heterocycles. The highest BCUT2D eigenvalue weighted by Gasteiger charge is 2.56. The van der Waals surface area contributed by atoms with Crippen LogP contribution in [0.3, 0.4) is 0 Å². The van der Waals surface area contributed by atoms with E-state index in [0.717, 1.165) is 36.8 Å².